The van der Waals surface area contributed by atoms with Crippen LogP contribution in [0.5, 0.6) is 0 Å². The first-order chi connectivity index (χ1) is 14.4. The Morgan fingerprint density at radius 3 is 2.60 bits per heavy atom. The lowest BCUT2D eigenvalue weighted by Gasteiger charge is -2.44. The summed E-state index contributed by atoms with van der Waals surface area (Å²) in [4.78, 5) is 16.9. The van der Waals surface area contributed by atoms with E-state index in [1.165, 1.54) is 10.4 Å². The van der Waals surface area contributed by atoms with Crippen molar-refractivity contribution >= 4 is 27.5 Å². The second kappa shape index (κ2) is 9.08. The number of hydrogen-bond acceptors (Lipinski definition) is 5. The molecule has 2 atom stereocenters. The Morgan fingerprint density at radius 2 is 1.87 bits per heavy atom. The number of carbonyl (C=O) groups is 1. The standard InChI is InChI=1S/C20H27ClFN3O4S/c21-16-13-15(5-6-17(16)22)30(27,28)24-9-7-23(8-10-24)14-20(26)25-11-12-29-19-4-2-1-3-18(19)25/h5-6,13,18-19H,1-4,7-12,14H2. The van der Waals surface area contributed by atoms with Gasteiger partial charge in [0, 0.05) is 32.7 Å². The van der Waals surface area contributed by atoms with Gasteiger partial charge in [0.25, 0.3) is 0 Å². The molecule has 2 heterocycles. The van der Waals surface area contributed by atoms with Crippen molar-refractivity contribution < 1.29 is 22.3 Å². The maximum atomic E-state index is 13.4. The predicted octanol–water partition coefficient (Wildman–Crippen LogP) is 1.96. The van der Waals surface area contributed by atoms with E-state index in [-0.39, 0.29) is 41.1 Å². The number of benzene rings is 1. The van der Waals surface area contributed by atoms with Crippen LogP contribution in [0.4, 0.5) is 4.39 Å². The van der Waals surface area contributed by atoms with Crippen LogP contribution in [0.2, 0.25) is 5.02 Å². The molecule has 2 unspecified atom stereocenters. The fourth-order valence-electron chi connectivity index (χ4n) is 4.60. The molecular weight excluding hydrogens is 433 g/mol. The van der Waals surface area contributed by atoms with E-state index in [4.69, 9.17) is 16.3 Å². The Kier molecular flexibility index (Phi) is 6.64. The first kappa shape index (κ1) is 22.0. The van der Waals surface area contributed by atoms with Crippen molar-refractivity contribution in [2.45, 2.75) is 42.7 Å². The molecule has 1 saturated carbocycles. The molecule has 10 heteroatoms. The van der Waals surface area contributed by atoms with Gasteiger partial charge >= 0.3 is 0 Å². The summed E-state index contributed by atoms with van der Waals surface area (Å²) in [5.74, 6) is -0.556. The summed E-state index contributed by atoms with van der Waals surface area (Å²) in [5, 5.41) is -0.216. The second-order valence-corrected chi connectivity index (χ2v) is 10.4. The third kappa shape index (κ3) is 4.50. The molecule has 3 aliphatic rings. The molecule has 0 aromatic heterocycles. The summed E-state index contributed by atoms with van der Waals surface area (Å²) in [5.41, 5.74) is 0. The van der Waals surface area contributed by atoms with Gasteiger partial charge < -0.3 is 9.64 Å². The number of morpholine rings is 1. The Morgan fingerprint density at radius 1 is 1.13 bits per heavy atom. The van der Waals surface area contributed by atoms with Crippen molar-refractivity contribution in [2.75, 3.05) is 45.9 Å². The number of halogens is 2. The van der Waals surface area contributed by atoms with Crippen molar-refractivity contribution in [3.63, 3.8) is 0 Å². The number of amides is 1. The number of nitrogens with zero attached hydrogens (tertiary/aromatic N) is 3. The monoisotopic (exact) mass is 459 g/mol. The molecule has 4 rings (SSSR count). The van der Waals surface area contributed by atoms with E-state index < -0.39 is 15.8 Å². The Bertz CT molecular complexity index is 890. The molecule has 1 aliphatic carbocycles. The maximum Gasteiger partial charge on any atom is 0.243 e. The molecule has 1 aromatic carbocycles. The highest BCUT2D eigenvalue weighted by Crippen LogP contribution is 2.29. The van der Waals surface area contributed by atoms with Gasteiger partial charge in [-0.15, -0.1) is 0 Å². The van der Waals surface area contributed by atoms with Gasteiger partial charge in [0.05, 0.1) is 35.2 Å². The average molecular weight is 460 g/mol. The number of ether oxygens (including phenoxy) is 1. The lowest BCUT2D eigenvalue weighted by Crippen LogP contribution is -2.58. The quantitative estimate of drug-likeness (QED) is 0.688. The van der Waals surface area contributed by atoms with Crippen molar-refractivity contribution in [2.24, 2.45) is 0 Å². The minimum Gasteiger partial charge on any atom is -0.374 e. The number of piperazine rings is 1. The molecule has 7 nitrogen and oxygen atoms in total. The molecule has 0 bridgehead atoms. The molecule has 1 amide bonds. The van der Waals surface area contributed by atoms with Gasteiger partial charge in [0.15, 0.2) is 0 Å². The zero-order valence-corrected chi connectivity index (χ0v) is 18.4. The van der Waals surface area contributed by atoms with Gasteiger partial charge in [-0.05, 0) is 31.0 Å². The molecule has 1 aromatic rings. The summed E-state index contributed by atoms with van der Waals surface area (Å²) >= 11 is 5.74. The molecule has 3 fully saturated rings. The molecular formula is C20H27ClFN3O4S. The molecule has 2 saturated heterocycles. The third-order valence-electron chi connectivity index (χ3n) is 6.27. The second-order valence-electron chi connectivity index (χ2n) is 8.10. The summed E-state index contributed by atoms with van der Waals surface area (Å²) < 4.78 is 46.2. The topological polar surface area (TPSA) is 70.2 Å². The van der Waals surface area contributed by atoms with Crippen LogP contribution in [0.3, 0.4) is 0 Å². The van der Waals surface area contributed by atoms with Gasteiger partial charge in [-0.1, -0.05) is 24.4 Å². The maximum absolute atomic E-state index is 13.4. The normalized spacial score (nSPS) is 26.4. The highest BCUT2D eigenvalue weighted by Gasteiger charge is 2.37. The van der Waals surface area contributed by atoms with Crippen LogP contribution >= 0.6 is 11.6 Å². The van der Waals surface area contributed by atoms with Crippen molar-refractivity contribution in [1.82, 2.24) is 14.1 Å². The van der Waals surface area contributed by atoms with Gasteiger partial charge in [0.2, 0.25) is 15.9 Å². The van der Waals surface area contributed by atoms with E-state index in [2.05, 4.69) is 0 Å². The molecule has 2 aliphatic heterocycles. The van der Waals surface area contributed by atoms with Crippen LogP contribution in [0.1, 0.15) is 25.7 Å². The smallest absolute Gasteiger partial charge is 0.243 e. The van der Waals surface area contributed by atoms with E-state index in [0.717, 1.165) is 37.8 Å². The van der Waals surface area contributed by atoms with Gasteiger partial charge in [-0.3, -0.25) is 9.69 Å². The van der Waals surface area contributed by atoms with Crippen LogP contribution in [0.25, 0.3) is 0 Å². The van der Waals surface area contributed by atoms with Gasteiger partial charge in [-0.2, -0.15) is 4.31 Å². The minimum absolute atomic E-state index is 0.0184. The summed E-state index contributed by atoms with van der Waals surface area (Å²) in [6.07, 6.45) is 4.43. The third-order valence-corrected chi connectivity index (χ3v) is 8.46. The van der Waals surface area contributed by atoms with E-state index in [0.29, 0.717) is 32.8 Å². The summed E-state index contributed by atoms with van der Waals surface area (Å²) in [6, 6.07) is 3.60. The fraction of sp³-hybridized carbons (Fsp3) is 0.650. The molecule has 30 heavy (non-hydrogen) atoms. The highest BCUT2D eigenvalue weighted by molar-refractivity contribution is 7.89. The molecule has 0 N–H and O–H groups in total. The first-order valence-corrected chi connectivity index (χ1v) is 12.3. The number of sulfonamides is 1. The van der Waals surface area contributed by atoms with E-state index >= 15 is 0 Å². The number of hydrogen-bond donors (Lipinski definition) is 0. The summed E-state index contributed by atoms with van der Waals surface area (Å²) in [7, 11) is -3.75. The SMILES string of the molecule is O=C(CN1CCN(S(=O)(=O)c2ccc(F)c(Cl)c2)CC1)N1CCOC2CCCCC21. The van der Waals surface area contributed by atoms with Gasteiger partial charge in [0.1, 0.15) is 5.82 Å². The van der Waals surface area contributed by atoms with E-state index in [1.54, 1.807) is 0 Å². The number of rotatable bonds is 4. The van der Waals surface area contributed by atoms with Crippen molar-refractivity contribution in [3.8, 4) is 0 Å². The van der Waals surface area contributed by atoms with E-state index in [1.807, 2.05) is 9.80 Å². The van der Waals surface area contributed by atoms with Crippen LogP contribution < -0.4 is 0 Å². The van der Waals surface area contributed by atoms with Crippen molar-refractivity contribution in [1.29, 1.82) is 0 Å². The Labute approximate surface area is 181 Å². The number of carbonyl (C=O) groups excluding carboxylic acids is 1. The minimum atomic E-state index is -3.75. The molecule has 0 radical (unpaired) electrons. The van der Waals surface area contributed by atoms with E-state index in [9.17, 15) is 17.6 Å². The van der Waals surface area contributed by atoms with Crippen molar-refractivity contribution in [3.05, 3.63) is 29.0 Å². The summed E-state index contributed by atoms with van der Waals surface area (Å²) in [6.45, 7) is 2.99. The molecule has 166 valence electrons. The average Bonchev–Trinajstić information content (AvgIpc) is 2.75. The Balaban J connectivity index is 1.34. The Hall–Kier alpha value is -1.26. The lowest BCUT2D eigenvalue weighted by molar-refractivity contribution is -0.150. The number of fused-ring (bicyclic) bond motifs is 1. The van der Waals surface area contributed by atoms with Crippen LogP contribution in [0.15, 0.2) is 23.1 Å². The van der Waals surface area contributed by atoms with Crippen LogP contribution in [-0.2, 0) is 19.6 Å². The molecule has 0 spiro atoms. The first-order valence-electron chi connectivity index (χ1n) is 10.4. The van der Waals surface area contributed by atoms with Crippen LogP contribution in [0, 0.1) is 5.82 Å². The lowest BCUT2D eigenvalue weighted by atomic mass is 9.90. The van der Waals surface area contributed by atoms with Gasteiger partial charge in [-0.25, -0.2) is 12.8 Å². The zero-order chi connectivity index (χ0) is 21.3. The highest BCUT2D eigenvalue weighted by atomic mass is 35.5. The fourth-order valence-corrected chi connectivity index (χ4v) is 6.30. The predicted molar refractivity (Wildman–Crippen MR) is 110 cm³/mol. The zero-order valence-electron chi connectivity index (χ0n) is 16.8. The van der Waals surface area contributed by atoms with Crippen LogP contribution in [-0.4, -0.2) is 86.5 Å². The largest absolute Gasteiger partial charge is 0.374 e.